The highest BCUT2D eigenvalue weighted by atomic mass is 16.2. The average Bonchev–Trinajstić information content (AvgIpc) is 3.08. The van der Waals surface area contributed by atoms with Gasteiger partial charge in [0.05, 0.1) is 0 Å². The summed E-state index contributed by atoms with van der Waals surface area (Å²) in [5, 5.41) is 9.62. The molecule has 1 saturated carbocycles. The van der Waals surface area contributed by atoms with Gasteiger partial charge in [-0.1, -0.05) is 12.1 Å². The van der Waals surface area contributed by atoms with Gasteiger partial charge in [-0.3, -0.25) is 19.7 Å². The third-order valence-electron chi connectivity index (χ3n) is 7.42. The van der Waals surface area contributed by atoms with Gasteiger partial charge < -0.3 is 15.5 Å². The minimum absolute atomic E-state index is 0.109. The van der Waals surface area contributed by atoms with E-state index >= 15 is 0 Å². The fourth-order valence-electron chi connectivity index (χ4n) is 5.72. The number of amides is 3. The number of imide groups is 1. The fourth-order valence-corrected chi connectivity index (χ4v) is 5.72. The van der Waals surface area contributed by atoms with Crippen molar-refractivity contribution in [2.75, 3.05) is 13.1 Å². The van der Waals surface area contributed by atoms with Gasteiger partial charge in [0.15, 0.2) is 0 Å². The van der Waals surface area contributed by atoms with Gasteiger partial charge in [0.2, 0.25) is 11.8 Å². The Hall–Kier alpha value is -2.25. The second kappa shape index (κ2) is 8.12. The topological polar surface area (TPSA) is 90.5 Å². The number of nitrogens with one attached hydrogen (secondary N) is 3. The van der Waals surface area contributed by atoms with E-state index in [0.29, 0.717) is 24.6 Å². The number of benzene rings is 1. The zero-order valence-electron chi connectivity index (χ0n) is 17.3. The molecule has 1 aromatic rings. The van der Waals surface area contributed by atoms with Crippen molar-refractivity contribution in [3.8, 4) is 0 Å². The van der Waals surface area contributed by atoms with Gasteiger partial charge in [0, 0.05) is 31.1 Å². The monoisotopic (exact) mass is 410 g/mol. The Morgan fingerprint density at radius 2 is 1.97 bits per heavy atom. The third-order valence-corrected chi connectivity index (χ3v) is 7.42. The summed E-state index contributed by atoms with van der Waals surface area (Å²) < 4.78 is 0. The highest BCUT2D eigenvalue weighted by molar-refractivity contribution is 6.05. The smallest absolute Gasteiger partial charge is 0.255 e. The standard InChI is InChI=1S/C23H30N4O3/c28-21-6-5-20(22(29)26-21)27-13-17-9-14(1-4-19(17)23(27)30)11-25-18-3-2-15-7-8-24-12-16(15)10-18/h1,4,9,15-16,18,20,24-25H,2-3,5-8,10-13H2,(H,26,28,29). The van der Waals surface area contributed by atoms with Crippen LogP contribution in [0.2, 0.25) is 0 Å². The molecule has 0 bridgehead atoms. The zero-order valence-corrected chi connectivity index (χ0v) is 17.3. The van der Waals surface area contributed by atoms with Crippen LogP contribution in [0.5, 0.6) is 0 Å². The van der Waals surface area contributed by atoms with Crippen LogP contribution in [-0.2, 0) is 22.7 Å². The van der Waals surface area contributed by atoms with Gasteiger partial charge in [-0.2, -0.15) is 0 Å². The summed E-state index contributed by atoms with van der Waals surface area (Å²) >= 11 is 0. The van der Waals surface area contributed by atoms with Gasteiger partial charge in [-0.15, -0.1) is 0 Å². The molecule has 3 aliphatic heterocycles. The van der Waals surface area contributed by atoms with Crippen LogP contribution >= 0.6 is 0 Å². The van der Waals surface area contributed by atoms with E-state index in [9.17, 15) is 14.4 Å². The van der Waals surface area contributed by atoms with E-state index in [1.807, 2.05) is 12.1 Å². The Morgan fingerprint density at radius 1 is 1.07 bits per heavy atom. The lowest BCUT2D eigenvalue weighted by atomic mass is 9.73. The Kier molecular flexibility index (Phi) is 5.33. The second-order valence-corrected chi connectivity index (χ2v) is 9.30. The van der Waals surface area contributed by atoms with Crippen molar-refractivity contribution in [2.24, 2.45) is 11.8 Å². The number of carbonyl (C=O) groups excluding carboxylic acids is 3. The molecule has 3 amide bonds. The predicted molar refractivity (Wildman–Crippen MR) is 111 cm³/mol. The van der Waals surface area contributed by atoms with Crippen LogP contribution in [0.15, 0.2) is 18.2 Å². The molecule has 4 unspecified atom stereocenters. The summed E-state index contributed by atoms with van der Waals surface area (Å²) in [6, 6.07) is 6.01. The maximum atomic E-state index is 12.8. The first-order valence-electron chi connectivity index (χ1n) is 11.3. The van der Waals surface area contributed by atoms with E-state index in [1.165, 1.54) is 37.8 Å². The van der Waals surface area contributed by atoms with Crippen LogP contribution < -0.4 is 16.0 Å². The molecule has 2 saturated heterocycles. The average molecular weight is 411 g/mol. The van der Waals surface area contributed by atoms with Crippen molar-refractivity contribution in [1.29, 1.82) is 0 Å². The van der Waals surface area contributed by atoms with Gasteiger partial charge in [-0.05, 0) is 74.2 Å². The molecule has 0 aromatic heterocycles. The number of nitrogens with zero attached hydrogens (tertiary/aromatic N) is 1. The number of piperidine rings is 2. The normalized spacial score (nSPS) is 31.3. The van der Waals surface area contributed by atoms with Crippen LogP contribution in [0.4, 0.5) is 0 Å². The number of hydrogen-bond acceptors (Lipinski definition) is 5. The van der Waals surface area contributed by atoms with E-state index in [0.717, 1.165) is 30.5 Å². The number of hydrogen-bond donors (Lipinski definition) is 3. The van der Waals surface area contributed by atoms with Crippen LogP contribution in [0.25, 0.3) is 0 Å². The Balaban J connectivity index is 1.20. The van der Waals surface area contributed by atoms with Crippen LogP contribution in [0.1, 0.15) is 60.0 Å². The number of carbonyl (C=O) groups is 3. The first-order valence-corrected chi connectivity index (χ1v) is 11.3. The zero-order chi connectivity index (χ0) is 20.7. The van der Waals surface area contributed by atoms with Crippen LogP contribution in [0, 0.1) is 11.8 Å². The molecule has 160 valence electrons. The maximum Gasteiger partial charge on any atom is 0.255 e. The lowest BCUT2D eigenvalue weighted by Gasteiger charge is -2.40. The van der Waals surface area contributed by atoms with Crippen molar-refractivity contribution >= 4 is 17.7 Å². The summed E-state index contributed by atoms with van der Waals surface area (Å²) in [4.78, 5) is 38.0. The molecule has 7 heteroatoms. The molecule has 4 atom stereocenters. The molecular weight excluding hydrogens is 380 g/mol. The quantitative estimate of drug-likeness (QED) is 0.652. The van der Waals surface area contributed by atoms with E-state index in [2.05, 4.69) is 22.0 Å². The number of fused-ring (bicyclic) bond motifs is 2. The first kappa shape index (κ1) is 19.7. The van der Waals surface area contributed by atoms with E-state index in [4.69, 9.17) is 0 Å². The van der Waals surface area contributed by atoms with Crippen molar-refractivity contribution < 1.29 is 14.4 Å². The van der Waals surface area contributed by atoms with Gasteiger partial charge >= 0.3 is 0 Å². The molecule has 0 spiro atoms. The summed E-state index contributed by atoms with van der Waals surface area (Å²) in [6.45, 7) is 3.56. The maximum absolute atomic E-state index is 12.8. The van der Waals surface area contributed by atoms with Gasteiger partial charge in [-0.25, -0.2) is 0 Å². The van der Waals surface area contributed by atoms with E-state index < -0.39 is 6.04 Å². The lowest BCUT2D eigenvalue weighted by Crippen LogP contribution is -2.52. The Morgan fingerprint density at radius 3 is 2.83 bits per heavy atom. The van der Waals surface area contributed by atoms with Gasteiger partial charge in [0.1, 0.15) is 6.04 Å². The SMILES string of the molecule is O=C1CCC(N2Cc3cc(CNC4CCC5CCNCC5C4)ccc3C2=O)C(=O)N1. The first-order chi connectivity index (χ1) is 14.6. The highest BCUT2D eigenvalue weighted by Gasteiger charge is 2.39. The van der Waals surface area contributed by atoms with E-state index in [1.54, 1.807) is 4.90 Å². The van der Waals surface area contributed by atoms with E-state index in [-0.39, 0.29) is 24.1 Å². The van der Waals surface area contributed by atoms with Crippen LogP contribution in [0.3, 0.4) is 0 Å². The van der Waals surface area contributed by atoms with Crippen molar-refractivity contribution in [1.82, 2.24) is 20.9 Å². The van der Waals surface area contributed by atoms with Crippen molar-refractivity contribution in [3.05, 3.63) is 34.9 Å². The van der Waals surface area contributed by atoms with Gasteiger partial charge in [0.25, 0.3) is 5.91 Å². The molecule has 5 rings (SSSR count). The molecular formula is C23H30N4O3. The fraction of sp³-hybridized carbons (Fsp3) is 0.609. The molecule has 3 N–H and O–H groups in total. The molecule has 0 radical (unpaired) electrons. The highest BCUT2D eigenvalue weighted by Crippen LogP contribution is 2.34. The molecule has 1 aromatic carbocycles. The predicted octanol–water partition coefficient (Wildman–Crippen LogP) is 1.32. The van der Waals surface area contributed by atoms with Crippen molar-refractivity contribution in [3.63, 3.8) is 0 Å². The third kappa shape index (κ3) is 3.76. The molecule has 1 aliphatic carbocycles. The molecule has 3 fully saturated rings. The minimum Gasteiger partial charge on any atom is -0.322 e. The molecule has 30 heavy (non-hydrogen) atoms. The Bertz CT molecular complexity index is 870. The summed E-state index contributed by atoms with van der Waals surface area (Å²) in [6.07, 6.45) is 5.81. The molecule has 7 nitrogen and oxygen atoms in total. The summed E-state index contributed by atoms with van der Waals surface area (Å²) in [5.74, 6) is 0.967. The largest absolute Gasteiger partial charge is 0.322 e. The number of rotatable bonds is 4. The Labute approximate surface area is 177 Å². The van der Waals surface area contributed by atoms with Crippen molar-refractivity contribution in [2.45, 2.75) is 63.7 Å². The molecule has 4 aliphatic rings. The summed E-state index contributed by atoms with van der Waals surface area (Å²) in [7, 11) is 0. The lowest BCUT2D eigenvalue weighted by molar-refractivity contribution is -0.136. The second-order valence-electron chi connectivity index (χ2n) is 9.30. The minimum atomic E-state index is -0.552. The molecule has 3 heterocycles. The summed E-state index contributed by atoms with van der Waals surface area (Å²) in [5.41, 5.74) is 2.83. The van der Waals surface area contributed by atoms with Crippen LogP contribution in [-0.4, -0.2) is 47.8 Å².